The van der Waals surface area contributed by atoms with Gasteiger partial charge in [-0.15, -0.1) is 0 Å². The van der Waals surface area contributed by atoms with Crippen molar-refractivity contribution in [2.75, 3.05) is 19.7 Å². The molecule has 1 heterocycles. The van der Waals surface area contributed by atoms with E-state index in [-0.39, 0.29) is 0 Å². The Morgan fingerprint density at radius 3 is 2.17 bits per heavy atom. The van der Waals surface area contributed by atoms with Gasteiger partial charge in [-0.2, -0.15) is 0 Å². The van der Waals surface area contributed by atoms with Crippen LogP contribution in [0.15, 0.2) is 0 Å². The standard InChI is InChI=1S/C16H27NO/c18-10-15-2-1-3-17(15)11-16-7-12-4-13(8-16)6-14(5-12)9-16/h12-15,18H,1-11H2/t12?,13?,14?,15-,16?/m0/s1. The van der Waals surface area contributed by atoms with Gasteiger partial charge in [-0.3, -0.25) is 4.90 Å². The fourth-order valence-corrected chi connectivity index (χ4v) is 6.22. The molecule has 1 N–H and O–H groups in total. The number of likely N-dealkylation sites (tertiary alicyclic amines) is 1. The van der Waals surface area contributed by atoms with Crippen LogP contribution in [0.4, 0.5) is 0 Å². The van der Waals surface area contributed by atoms with Gasteiger partial charge in [-0.05, 0) is 81.1 Å². The second-order valence-electron chi connectivity index (χ2n) is 7.87. The molecule has 0 radical (unpaired) electrons. The van der Waals surface area contributed by atoms with Crippen LogP contribution in [0, 0.1) is 23.2 Å². The molecule has 102 valence electrons. The van der Waals surface area contributed by atoms with E-state index in [9.17, 15) is 5.11 Å². The number of hydrogen-bond donors (Lipinski definition) is 1. The van der Waals surface area contributed by atoms with E-state index in [2.05, 4.69) is 4.90 Å². The fraction of sp³-hybridized carbons (Fsp3) is 1.00. The van der Waals surface area contributed by atoms with Crippen molar-refractivity contribution in [3.8, 4) is 0 Å². The van der Waals surface area contributed by atoms with E-state index in [0.717, 1.165) is 17.8 Å². The van der Waals surface area contributed by atoms with E-state index in [1.54, 1.807) is 19.3 Å². The third-order valence-electron chi connectivity index (χ3n) is 6.41. The summed E-state index contributed by atoms with van der Waals surface area (Å²) in [7, 11) is 0. The van der Waals surface area contributed by atoms with Crippen molar-refractivity contribution >= 4 is 0 Å². The number of rotatable bonds is 3. The lowest BCUT2D eigenvalue weighted by atomic mass is 9.49. The predicted octanol–water partition coefficient (Wildman–Crippen LogP) is 2.66. The molecule has 4 bridgehead atoms. The van der Waals surface area contributed by atoms with Gasteiger partial charge in [0.2, 0.25) is 0 Å². The summed E-state index contributed by atoms with van der Waals surface area (Å²) < 4.78 is 0. The number of aliphatic hydroxyl groups is 1. The minimum absolute atomic E-state index is 0.381. The Hall–Kier alpha value is -0.0800. The SMILES string of the molecule is OC[C@@H]1CCCN1CC12CC3CC(CC(C3)C1)C2. The molecule has 0 amide bonds. The number of hydrogen-bond acceptors (Lipinski definition) is 2. The monoisotopic (exact) mass is 249 g/mol. The first-order valence-corrected chi connectivity index (χ1v) is 8.11. The van der Waals surface area contributed by atoms with E-state index >= 15 is 0 Å². The predicted molar refractivity (Wildman–Crippen MR) is 72.3 cm³/mol. The summed E-state index contributed by atoms with van der Waals surface area (Å²) >= 11 is 0. The van der Waals surface area contributed by atoms with Gasteiger partial charge in [0.15, 0.2) is 0 Å². The maximum atomic E-state index is 9.51. The van der Waals surface area contributed by atoms with Crippen LogP contribution in [-0.2, 0) is 0 Å². The highest BCUT2D eigenvalue weighted by molar-refractivity contribution is 5.03. The fourth-order valence-electron chi connectivity index (χ4n) is 6.22. The van der Waals surface area contributed by atoms with Crippen LogP contribution in [0.1, 0.15) is 51.4 Å². The van der Waals surface area contributed by atoms with E-state index in [1.807, 2.05) is 0 Å². The summed E-state index contributed by atoms with van der Waals surface area (Å²) in [6, 6.07) is 0.484. The van der Waals surface area contributed by atoms with Crippen LogP contribution in [0.3, 0.4) is 0 Å². The third kappa shape index (κ3) is 1.84. The molecular weight excluding hydrogens is 222 g/mol. The molecule has 1 saturated heterocycles. The molecule has 4 saturated carbocycles. The van der Waals surface area contributed by atoms with E-state index in [0.29, 0.717) is 18.1 Å². The summed E-state index contributed by atoms with van der Waals surface area (Å²) in [5, 5.41) is 9.51. The molecule has 4 aliphatic carbocycles. The Labute approximate surface area is 111 Å². The van der Waals surface area contributed by atoms with Gasteiger partial charge >= 0.3 is 0 Å². The average Bonchev–Trinajstić information content (AvgIpc) is 2.73. The Bertz CT molecular complexity index is 292. The summed E-state index contributed by atoms with van der Waals surface area (Å²) in [6.07, 6.45) is 11.7. The Morgan fingerprint density at radius 2 is 1.61 bits per heavy atom. The quantitative estimate of drug-likeness (QED) is 0.831. The van der Waals surface area contributed by atoms with Crippen LogP contribution < -0.4 is 0 Å². The van der Waals surface area contributed by atoms with E-state index < -0.39 is 0 Å². The first kappa shape index (κ1) is 11.7. The van der Waals surface area contributed by atoms with E-state index in [1.165, 1.54) is 45.2 Å². The Kier molecular flexibility index (Phi) is 2.74. The average molecular weight is 249 g/mol. The molecule has 0 aromatic rings. The smallest absolute Gasteiger partial charge is 0.0586 e. The zero-order chi connectivity index (χ0) is 12.2. The highest BCUT2D eigenvalue weighted by atomic mass is 16.3. The van der Waals surface area contributed by atoms with Crippen molar-refractivity contribution in [3.05, 3.63) is 0 Å². The molecule has 0 aromatic carbocycles. The van der Waals surface area contributed by atoms with Gasteiger partial charge in [-0.25, -0.2) is 0 Å². The van der Waals surface area contributed by atoms with Crippen molar-refractivity contribution in [3.63, 3.8) is 0 Å². The molecule has 5 fully saturated rings. The zero-order valence-electron chi connectivity index (χ0n) is 11.5. The summed E-state index contributed by atoms with van der Waals surface area (Å²) in [4.78, 5) is 2.63. The first-order chi connectivity index (χ1) is 8.76. The van der Waals surface area contributed by atoms with Crippen LogP contribution >= 0.6 is 0 Å². The Morgan fingerprint density at radius 1 is 1.00 bits per heavy atom. The molecular formula is C16H27NO. The maximum absolute atomic E-state index is 9.51. The lowest BCUT2D eigenvalue weighted by Crippen LogP contribution is -2.52. The zero-order valence-corrected chi connectivity index (χ0v) is 11.5. The molecule has 2 heteroatoms. The van der Waals surface area contributed by atoms with Gasteiger partial charge in [0, 0.05) is 12.6 Å². The molecule has 5 rings (SSSR count). The highest BCUT2D eigenvalue weighted by Crippen LogP contribution is 2.60. The number of nitrogens with zero attached hydrogens (tertiary/aromatic N) is 1. The molecule has 18 heavy (non-hydrogen) atoms. The van der Waals surface area contributed by atoms with E-state index in [4.69, 9.17) is 0 Å². The minimum Gasteiger partial charge on any atom is -0.395 e. The highest BCUT2D eigenvalue weighted by Gasteiger charge is 2.51. The second kappa shape index (κ2) is 4.21. The minimum atomic E-state index is 0.381. The molecule has 0 unspecified atom stereocenters. The number of aliphatic hydroxyl groups excluding tert-OH is 1. The first-order valence-electron chi connectivity index (χ1n) is 8.11. The lowest BCUT2D eigenvalue weighted by Gasteiger charge is -2.58. The van der Waals surface area contributed by atoms with Gasteiger partial charge in [-0.1, -0.05) is 0 Å². The van der Waals surface area contributed by atoms with Gasteiger partial charge in [0.25, 0.3) is 0 Å². The van der Waals surface area contributed by atoms with Crippen LogP contribution in [-0.4, -0.2) is 35.7 Å². The maximum Gasteiger partial charge on any atom is 0.0586 e. The van der Waals surface area contributed by atoms with Crippen molar-refractivity contribution in [2.45, 2.75) is 57.4 Å². The van der Waals surface area contributed by atoms with Crippen molar-refractivity contribution in [2.24, 2.45) is 23.2 Å². The molecule has 5 aliphatic rings. The summed E-state index contributed by atoms with van der Waals surface area (Å²) in [5.41, 5.74) is 0.659. The van der Waals surface area contributed by atoms with Crippen LogP contribution in [0.25, 0.3) is 0 Å². The topological polar surface area (TPSA) is 23.5 Å². The molecule has 1 atom stereocenters. The Balaban J connectivity index is 1.50. The van der Waals surface area contributed by atoms with Crippen molar-refractivity contribution < 1.29 is 5.11 Å². The largest absolute Gasteiger partial charge is 0.395 e. The van der Waals surface area contributed by atoms with Crippen LogP contribution in [0.2, 0.25) is 0 Å². The normalized spacial score (nSPS) is 51.2. The molecule has 1 aliphatic heterocycles. The molecule has 2 nitrogen and oxygen atoms in total. The van der Waals surface area contributed by atoms with Gasteiger partial charge < -0.3 is 5.11 Å². The molecule has 0 aromatic heterocycles. The van der Waals surface area contributed by atoms with Crippen molar-refractivity contribution in [1.82, 2.24) is 4.90 Å². The molecule has 0 spiro atoms. The van der Waals surface area contributed by atoms with Crippen LogP contribution in [0.5, 0.6) is 0 Å². The second-order valence-corrected chi connectivity index (χ2v) is 7.87. The van der Waals surface area contributed by atoms with Crippen molar-refractivity contribution in [1.29, 1.82) is 0 Å². The lowest BCUT2D eigenvalue weighted by molar-refractivity contribution is -0.0725. The third-order valence-corrected chi connectivity index (χ3v) is 6.41. The van der Waals surface area contributed by atoms with Gasteiger partial charge in [0.05, 0.1) is 6.61 Å². The van der Waals surface area contributed by atoms with Gasteiger partial charge in [0.1, 0.15) is 0 Å². The summed E-state index contributed by atoms with van der Waals surface area (Å²) in [5.74, 6) is 3.18. The summed E-state index contributed by atoms with van der Waals surface area (Å²) in [6.45, 7) is 2.93.